The number of thioether (sulfide) groups is 1. The summed E-state index contributed by atoms with van der Waals surface area (Å²) < 4.78 is 0. The molecule has 1 fully saturated rings. The van der Waals surface area contributed by atoms with Crippen LogP contribution in [-0.2, 0) is 9.59 Å². The van der Waals surface area contributed by atoms with Gasteiger partial charge in [0.15, 0.2) is 0 Å². The predicted octanol–water partition coefficient (Wildman–Crippen LogP) is 2.37. The zero-order valence-corrected chi connectivity index (χ0v) is 18.4. The molecule has 1 N–H and O–H groups in total. The van der Waals surface area contributed by atoms with Crippen molar-refractivity contribution in [2.24, 2.45) is 0 Å². The Morgan fingerprint density at radius 3 is 2.52 bits per heavy atom. The Morgan fingerprint density at radius 1 is 1.17 bits per heavy atom. The zero-order valence-electron chi connectivity index (χ0n) is 17.6. The normalized spacial score (nSPS) is 16.2. The molecule has 1 aliphatic rings. The number of nitrogens with zero attached hydrogens (tertiary/aromatic N) is 4. The van der Waals surface area contributed by atoms with Crippen LogP contribution in [0.2, 0.25) is 0 Å². The number of carbonyl (C=O) groups excluding carboxylic acids is 2. The molecule has 1 saturated heterocycles. The van der Waals surface area contributed by atoms with E-state index in [2.05, 4.69) is 21.8 Å². The number of aromatic amines is 1. The lowest BCUT2D eigenvalue weighted by Gasteiger charge is -2.35. The van der Waals surface area contributed by atoms with Gasteiger partial charge in [-0.15, -0.1) is 11.8 Å². The summed E-state index contributed by atoms with van der Waals surface area (Å²) in [4.78, 5) is 38.8. The molecule has 8 heteroatoms. The van der Waals surface area contributed by atoms with Crippen molar-refractivity contribution in [3.8, 4) is 0 Å². The largest absolute Gasteiger partial charge is 0.342 e. The van der Waals surface area contributed by atoms with E-state index in [1.165, 1.54) is 0 Å². The number of piperazine rings is 1. The Labute approximate surface area is 176 Å². The average molecular weight is 418 g/mol. The molecular formula is C21H31N5O2S. The minimum absolute atomic E-state index is 0.124. The van der Waals surface area contributed by atoms with Gasteiger partial charge in [0.1, 0.15) is 5.82 Å². The first kappa shape index (κ1) is 21.6. The second-order valence-electron chi connectivity index (χ2n) is 7.32. The summed E-state index contributed by atoms with van der Waals surface area (Å²) >= 11 is 1.61. The van der Waals surface area contributed by atoms with Gasteiger partial charge < -0.3 is 14.8 Å². The van der Waals surface area contributed by atoms with Gasteiger partial charge in [-0.25, -0.2) is 4.98 Å². The molecule has 1 aromatic carbocycles. The highest BCUT2D eigenvalue weighted by Crippen LogP contribution is 2.28. The predicted molar refractivity (Wildman–Crippen MR) is 118 cm³/mol. The van der Waals surface area contributed by atoms with E-state index < -0.39 is 0 Å². The second kappa shape index (κ2) is 10.1. The van der Waals surface area contributed by atoms with E-state index in [0.717, 1.165) is 43.0 Å². The van der Waals surface area contributed by atoms with E-state index >= 15 is 0 Å². The SMILES string of the molecule is CCN(CC)C(=O)CN1CCN(C(=O)CSC(C)c2nc3ccccc3[nH]2)CC1. The lowest BCUT2D eigenvalue weighted by Crippen LogP contribution is -2.52. The number of fused-ring (bicyclic) bond motifs is 1. The van der Waals surface area contributed by atoms with Crippen molar-refractivity contribution in [3.63, 3.8) is 0 Å². The number of carbonyl (C=O) groups is 2. The first-order valence-electron chi connectivity index (χ1n) is 10.4. The Morgan fingerprint density at radius 2 is 1.86 bits per heavy atom. The Hall–Kier alpha value is -2.06. The Kier molecular flexibility index (Phi) is 7.55. The van der Waals surface area contributed by atoms with Gasteiger partial charge in [-0.1, -0.05) is 12.1 Å². The fraction of sp³-hybridized carbons (Fsp3) is 0.571. The van der Waals surface area contributed by atoms with Gasteiger partial charge in [0.2, 0.25) is 11.8 Å². The topological polar surface area (TPSA) is 72.5 Å². The van der Waals surface area contributed by atoms with Crippen LogP contribution in [0.3, 0.4) is 0 Å². The summed E-state index contributed by atoms with van der Waals surface area (Å²) in [6.07, 6.45) is 0. The summed E-state index contributed by atoms with van der Waals surface area (Å²) in [5.41, 5.74) is 1.98. The maximum Gasteiger partial charge on any atom is 0.236 e. The highest BCUT2D eigenvalue weighted by molar-refractivity contribution is 8.00. The number of para-hydroxylation sites is 2. The van der Waals surface area contributed by atoms with Crippen LogP contribution >= 0.6 is 11.8 Å². The number of rotatable bonds is 8. The highest BCUT2D eigenvalue weighted by Gasteiger charge is 2.24. The van der Waals surface area contributed by atoms with Crippen LogP contribution in [0.1, 0.15) is 31.8 Å². The lowest BCUT2D eigenvalue weighted by molar-refractivity contribution is -0.133. The van der Waals surface area contributed by atoms with Crippen LogP contribution in [0.25, 0.3) is 11.0 Å². The quantitative estimate of drug-likeness (QED) is 0.714. The van der Waals surface area contributed by atoms with Gasteiger partial charge in [-0.3, -0.25) is 14.5 Å². The number of H-pyrrole nitrogens is 1. The smallest absolute Gasteiger partial charge is 0.236 e. The van der Waals surface area contributed by atoms with Crippen molar-refractivity contribution in [2.45, 2.75) is 26.0 Å². The molecule has 1 aromatic heterocycles. The third-order valence-electron chi connectivity index (χ3n) is 5.45. The molecule has 1 atom stereocenters. The standard InChI is InChI=1S/C21H31N5O2S/c1-4-25(5-2)19(27)14-24-10-12-26(13-11-24)20(28)15-29-16(3)21-22-17-8-6-7-9-18(17)23-21/h6-9,16H,4-5,10-15H2,1-3H3,(H,22,23). The van der Waals surface area contributed by atoms with Gasteiger partial charge >= 0.3 is 0 Å². The molecule has 3 rings (SSSR count). The maximum atomic E-state index is 12.6. The summed E-state index contributed by atoms with van der Waals surface area (Å²) in [6.45, 7) is 10.9. The van der Waals surface area contributed by atoms with E-state index in [1.807, 2.05) is 47.9 Å². The molecule has 29 heavy (non-hydrogen) atoms. The summed E-state index contributed by atoms with van der Waals surface area (Å²) in [6, 6.07) is 7.96. The third kappa shape index (κ3) is 5.51. The molecule has 0 saturated carbocycles. The molecular weight excluding hydrogens is 386 g/mol. The van der Waals surface area contributed by atoms with E-state index in [0.29, 0.717) is 25.4 Å². The lowest BCUT2D eigenvalue weighted by atomic mass is 10.3. The van der Waals surface area contributed by atoms with Gasteiger partial charge in [-0.2, -0.15) is 0 Å². The molecule has 1 unspecified atom stereocenters. The van der Waals surface area contributed by atoms with Crippen LogP contribution in [0, 0.1) is 0 Å². The fourth-order valence-electron chi connectivity index (χ4n) is 3.55. The van der Waals surface area contributed by atoms with Crippen LogP contribution in [-0.4, -0.2) is 88.0 Å². The number of imidazole rings is 1. The molecule has 2 heterocycles. The van der Waals surface area contributed by atoms with E-state index in [-0.39, 0.29) is 17.1 Å². The van der Waals surface area contributed by atoms with E-state index in [9.17, 15) is 9.59 Å². The number of likely N-dealkylation sites (N-methyl/N-ethyl adjacent to an activating group) is 1. The monoisotopic (exact) mass is 417 g/mol. The molecule has 0 bridgehead atoms. The summed E-state index contributed by atoms with van der Waals surface area (Å²) in [5.74, 6) is 1.68. The third-order valence-corrected chi connectivity index (χ3v) is 6.59. The van der Waals surface area contributed by atoms with Crippen molar-refractivity contribution in [1.82, 2.24) is 24.7 Å². The number of nitrogens with one attached hydrogen (secondary N) is 1. The highest BCUT2D eigenvalue weighted by atomic mass is 32.2. The molecule has 1 aliphatic heterocycles. The van der Waals surface area contributed by atoms with Crippen molar-refractivity contribution < 1.29 is 9.59 Å². The van der Waals surface area contributed by atoms with Crippen molar-refractivity contribution in [1.29, 1.82) is 0 Å². The minimum atomic E-state index is 0.124. The maximum absolute atomic E-state index is 12.6. The number of hydrogen-bond donors (Lipinski definition) is 1. The van der Waals surface area contributed by atoms with Crippen LogP contribution < -0.4 is 0 Å². The molecule has 0 radical (unpaired) electrons. The first-order chi connectivity index (χ1) is 14.0. The van der Waals surface area contributed by atoms with Gasteiger partial charge in [-0.05, 0) is 32.9 Å². The number of hydrogen-bond acceptors (Lipinski definition) is 5. The van der Waals surface area contributed by atoms with Crippen LogP contribution in [0.4, 0.5) is 0 Å². The molecule has 2 aromatic rings. The zero-order chi connectivity index (χ0) is 20.8. The number of amides is 2. The Bertz CT molecular complexity index is 794. The Balaban J connectivity index is 1.43. The van der Waals surface area contributed by atoms with Crippen molar-refractivity contribution in [3.05, 3.63) is 30.1 Å². The number of aromatic nitrogens is 2. The van der Waals surface area contributed by atoms with E-state index in [1.54, 1.807) is 11.8 Å². The second-order valence-corrected chi connectivity index (χ2v) is 8.64. The van der Waals surface area contributed by atoms with Crippen LogP contribution in [0.15, 0.2) is 24.3 Å². The average Bonchev–Trinajstić information content (AvgIpc) is 3.17. The summed E-state index contributed by atoms with van der Waals surface area (Å²) in [7, 11) is 0. The molecule has 0 spiro atoms. The first-order valence-corrected chi connectivity index (χ1v) is 11.4. The molecule has 0 aliphatic carbocycles. The molecule has 2 amide bonds. The van der Waals surface area contributed by atoms with Crippen molar-refractivity contribution >= 4 is 34.6 Å². The molecule has 7 nitrogen and oxygen atoms in total. The van der Waals surface area contributed by atoms with Gasteiger partial charge in [0.05, 0.1) is 28.6 Å². The number of benzene rings is 1. The minimum Gasteiger partial charge on any atom is -0.342 e. The van der Waals surface area contributed by atoms with E-state index in [4.69, 9.17) is 0 Å². The van der Waals surface area contributed by atoms with Crippen molar-refractivity contribution in [2.75, 3.05) is 51.6 Å². The van der Waals surface area contributed by atoms with Crippen LogP contribution in [0.5, 0.6) is 0 Å². The van der Waals surface area contributed by atoms with Gasteiger partial charge in [0, 0.05) is 39.3 Å². The summed E-state index contributed by atoms with van der Waals surface area (Å²) in [5, 5.41) is 0.124. The molecule has 158 valence electrons. The van der Waals surface area contributed by atoms with Gasteiger partial charge in [0.25, 0.3) is 0 Å². The fourth-order valence-corrected chi connectivity index (χ4v) is 4.40.